The number of hydrogen-bond acceptors (Lipinski definition) is 3. The highest BCUT2D eigenvalue weighted by Gasteiger charge is 2.30. The fraction of sp³-hybridized carbons (Fsp3) is 0.474. The largest absolute Gasteiger partial charge is 0.360 e. The average molecular weight is 326 g/mol. The molecule has 0 spiro atoms. The third kappa shape index (κ3) is 3.08. The lowest BCUT2D eigenvalue weighted by atomic mass is 9.96. The van der Waals surface area contributed by atoms with Crippen LogP contribution in [0.25, 0.3) is 0 Å². The summed E-state index contributed by atoms with van der Waals surface area (Å²) in [5.41, 5.74) is 2.99. The summed E-state index contributed by atoms with van der Waals surface area (Å²) in [4.78, 5) is 16.3. The molecule has 1 aromatic carbocycles. The molecular formula is C19H24N3O2+. The molecule has 1 aliphatic heterocycles. The maximum absolute atomic E-state index is 12.8. The first kappa shape index (κ1) is 15.4. The van der Waals surface area contributed by atoms with Crippen LogP contribution in [0.15, 0.2) is 34.9 Å². The Hall–Kier alpha value is -2.14. The molecule has 1 aromatic heterocycles. The van der Waals surface area contributed by atoms with Crippen molar-refractivity contribution in [2.24, 2.45) is 0 Å². The first-order valence-corrected chi connectivity index (χ1v) is 8.95. The fourth-order valence-corrected chi connectivity index (χ4v) is 3.79. The topological polar surface area (TPSA) is 50.8 Å². The Balaban J connectivity index is 1.37. The van der Waals surface area contributed by atoms with E-state index >= 15 is 0 Å². The van der Waals surface area contributed by atoms with Crippen LogP contribution in [0.4, 0.5) is 0 Å². The van der Waals surface area contributed by atoms with E-state index in [1.165, 1.54) is 10.5 Å². The van der Waals surface area contributed by atoms with Gasteiger partial charge in [-0.25, -0.2) is 0 Å². The number of quaternary nitrogens is 1. The van der Waals surface area contributed by atoms with E-state index in [4.69, 9.17) is 4.52 Å². The predicted molar refractivity (Wildman–Crippen MR) is 89.9 cm³/mol. The van der Waals surface area contributed by atoms with Crippen molar-refractivity contribution in [1.29, 1.82) is 0 Å². The van der Waals surface area contributed by atoms with Crippen LogP contribution in [0.1, 0.15) is 40.2 Å². The Kier molecular flexibility index (Phi) is 4.34. The number of nitrogens with one attached hydrogen (secondary N) is 1. The van der Waals surface area contributed by atoms with Gasteiger partial charge in [-0.15, -0.1) is 0 Å². The standard InChI is InChI=1S/C19H23N3O2/c23-19(18-16-8-4-5-9-17(16)24-20-18)22-12-10-21(11-13-22)14-15-6-2-1-3-7-15/h1-3,6-7H,4-5,8-14H2/p+1. The lowest BCUT2D eigenvalue weighted by Gasteiger charge is -2.32. The van der Waals surface area contributed by atoms with E-state index in [0.717, 1.165) is 69.7 Å². The molecule has 0 saturated carbocycles. The highest BCUT2D eigenvalue weighted by Crippen LogP contribution is 2.25. The zero-order chi connectivity index (χ0) is 16.4. The molecular weight excluding hydrogens is 302 g/mol. The molecule has 2 heterocycles. The highest BCUT2D eigenvalue weighted by molar-refractivity contribution is 5.94. The number of fused-ring (bicyclic) bond motifs is 1. The minimum absolute atomic E-state index is 0.0562. The van der Waals surface area contributed by atoms with E-state index in [-0.39, 0.29) is 5.91 Å². The van der Waals surface area contributed by atoms with Gasteiger partial charge in [0.05, 0.1) is 26.2 Å². The summed E-state index contributed by atoms with van der Waals surface area (Å²) in [5.74, 6) is 0.985. The van der Waals surface area contributed by atoms with Crippen molar-refractivity contribution < 1.29 is 14.2 Å². The SMILES string of the molecule is O=C(c1noc2c1CCCC2)N1CC[NH+](Cc2ccccc2)CC1. The van der Waals surface area contributed by atoms with E-state index in [2.05, 4.69) is 29.4 Å². The van der Waals surface area contributed by atoms with Gasteiger partial charge in [0.25, 0.3) is 5.91 Å². The normalized spacial score (nSPS) is 18.4. The van der Waals surface area contributed by atoms with Crippen molar-refractivity contribution in [2.45, 2.75) is 32.2 Å². The molecule has 5 heteroatoms. The molecule has 1 aliphatic carbocycles. The molecule has 1 N–H and O–H groups in total. The Labute approximate surface area is 142 Å². The van der Waals surface area contributed by atoms with Crippen molar-refractivity contribution in [2.75, 3.05) is 26.2 Å². The summed E-state index contributed by atoms with van der Waals surface area (Å²) in [6.07, 6.45) is 4.12. The number of aromatic nitrogens is 1. The Morgan fingerprint density at radius 3 is 2.67 bits per heavy atom. The monoisotopic (exact) mass is 326 g/mol. The molecule has 5 nitrogen and oxygen atoms in total. The average Bonchev–Trinajstić information content (AvgIpc) is 3.07. The van der Waals surface area contributed by atoms with E-state index in [9.17, 15) is 4.79 Å². The van der Waals surface area contributed by atoms with Crippen LogP contribution >= 0.6 is 0 Å². The second-order valence-electron chi connectivity index (χ2n) is 6.84. The molecule has 1 amide bonds. The quantitative estimate of drug-likeness (QED) is 0.919. The van der Waals surface area contributed by atoms with Crippen molar-refractivity contribution in [1.82, 2.24) is 10.1 Å². The number of benzene rings is 1. The van der Waals surface area contributed by atoms with Crippen molar-refractivity contribution >= 4 is 5.91 Å². The first-order valence-electron chi connectivity index (χ1n) is 8.95. The van der Waals surface area contributed by atoms with Gasteiger partial charge in [0.1, 0.15) is 12.3 Å². The van der Waals surface area contributed by atoms with Crippen LogP contribution in [0, 0.1) is 0 Å². The summed E-state index contributed by atoms with van der Waals surface area (Å²) >= 11 is 0. The summed E-state index contributed by atoms with van der Waals surface area (Å²) < 4.78 is 5.40. The zero-order valence-corrected chi connectivity index (χ0v) is 14.0. The number of amides is 1. The van der Waals surface area contributed by atoms with Crippen LogP contribution in [-0.4, -0.2) is 42.1 Å². The minimum Gasteiger partial charge on any atom is -0.360 e. The molecule has 24 heavy (non-hydrogen) atoms. The lowest BCUT2D eigenvalue weighted by Crippen LogP contribution is -3.13. The lowest BCUT2D eigenvalue weighted by molar-refractivity contribution is -0.917. The van der Waals surface area contributed by atoms with Gasteiger partial charge >= 0.3 is 0 Å². The number of rotatable bonds is 3. The van der Waals surface area contributed by atoms with Crippen LogP contribution < -0.4 is 4.90 Å². The van der Waals surface area contributed by atoms with E-state index in [1.54, 1.807) is 0 Å². The highest BCUT2D eigenvalue weighted by atomic mass is 16.5. The van der Waals surface area contributed by atoms with Gasteiger partial charge in [-0.3, -0.25) is 4.79 Å². The third-order valence-corrected chi connectivity index (χ3v) is 5.21. The summed E-state index contributed by atoms with van der Waals surface area (Å²) in [6.45, 7) is 4.59. The molecule has 2 aliphatic rings. The molecule has 0 radical (unpaired) electrons. The van der Waals surface area contributed by atoms with Crippen LogP contribution in [0.5, 0.6) is 0 Å². The second kappa shape index (κ2) is 6.77. The van der Waals surface area contributed by atoms with Gasteiger partial charge in [-0.05, 0) is 19.3 Å². The van der Waals surface area contributed by atoms with Gasteiger partial charge in [0.15, 0.2) is 5.69 Å². The molecule has 1 fully saturated rings. The number of piperazine rings is 1. The minimum atomic E-state index is 0.0562. The Morgan fingerprint density at radius 1 is 1.12 bits per heavy atom. The predicted octanol–water partition coefficient (Wildman–Crippen LogP) is 1.09. The second-order valence-corrected chi connectivity index (χ2v) is 6.84. The Morgan fingerprint density at radius 2 is 1.88 bits per heavy atom. The summed E-state index contributed by atoms with van der Waals surface area (Å²) in [6, 6.07) is 10.6. The molecule has 4 rings (SSSR count). The van der Waals surface area contributed by atoms with E-state index < -0.39 is 0 Å². The van der Waals surface area contributed by atoms with Gasteiger partial charge in [-0.2, -0.15) is 0 Å². The van der Waals surface area contributed by atoms with Gasteiger partial charge in [-0.1, -0.05) is 35.5 Å². The maximum Gasteiger partial charge on any atom is 0.276 e. The zero-order valence-electron chi connectivity index (χ0n) is 14.0. The van der Waals surface area contributed by atoms with E-state index in [1.807, 2.05) is 11.0 Å². The van der Waals surface area contributed by atoms with E-state index in [0.29, 0.717) is 5.69 Å². The third-order valence-electron chi connectivity index (χ3n) is 5.21. The van der Waals surface area contributed by atoms with Crippen molar-refractivity contribution in [3.8, 4) is 0 Å². The number of carbonyl (C=O) groups excluding carboxylic acids is 1. The number of aryl methyl sites for hydroxylation is 1. The smallest absolute Gasteiger partial charge is 0.276 e. The molecule has 0 atom stereocenters. The molecule has 126 valence electrons. The number of nitrogens with zero attached hydrogens (tertiary/aromatic N) is 2. The molecule has 0 unspecified atom stereocenters. The van der Waals surface area contributed by atoms with Crippen LogP contribution in [-0.2, 0) is 19.4 Å². The fourth-order valence-electron chi connectivity index (χ4n) is 3.79. The van der Waals surface area contributed by atoms with Gasteiger partial charge < -0.3 is 14.3 Å². The van der Waals surface area contributed by atoms with Crippen molar-refractivity contribution in [3.63, 3.8) is 0 Å². The van der Waals surface area contributed by atoms with Crippen molar-refractivity contribution in [3.05, 3.63) is 52.9 Å². The molecule has 0 bridgehead atoms. The van der Waals surface area contributed by atoms with Crippen LogP contribution in [0.3, 0.4) is 0 Å². The van der Waals surface area contributed by atoms with Gasteiger partial charge in [0, 0.05) is 17.5 Å². The Bertz CT molecular complexity index is 703. The summed E-state index contributed by atoms with van der Waals surface area (Å²) in [7, 11) is 0. The number of hydrogen-bond donors (Lipinski definition) is 1. The molecule has 2 aromatic rings. The van der Waals surface area contributed by atoms with Gasteiger partial charge in [0.2, 0.25) is 0 Å². The first-order chi connectivity index (χ1) is 11.8. The maximum atomic E-state index is 12.8. The molecule has 1 saturated heterocycles. The van der Waals surface area contributed by atoms with Crippen LogP contribution in [0.2, 0.25) is 0 Å². The summed E-state index contributed by atoms with van der Waals surface area (Å²) in [5, 5.41) is 4.09. The number of carbonyl (C=O) groups is 1.